The standard InChI is InChI=1S/C17H27NO4/c1-5-6-7-8-9-10-11-12-17(21)22-15(13-16(19)20)14-18(2,3)4/h6-9,11-12,15H,5,10,13-14H2,1-4H3/p+1/b7-6+,9-8-,12-11+. The highest BCUT2D eigenvalue weighted by molar-refractivity contribution is 5.82. The number of quaternary nitrogens is 1. The fourth-order valence-electron chi connectivity index (χ4n) is 1.77. The predicted molar refractivity (Wildman–Crippen MR) is 87.4 cm³/mol. The fourth-order valence-corrected chi connectivity index (χ4v) is 1.77. The Morgan fingerprint density at radius 3 is 2.32 bits per heavy atom. The van der Waals surface area contributed by atoms with Crippen LogP contribution in [0.3, 0.4) is 0 Å². The molecule has 0 rings (SSSR count). The number of esters is 1. The van der Waals surface area contributed by atoms with E-state index in [1.54, 1.807) is 6.08 Å². The maximum absolute atomic E-state index is 11.7. The molecule has 0 spiro atoms. The number of hydrogen-bond acceptors (Lipinski definition) is 3. The van der Waals surface area contributed by atoms with Gasteiger partial charge in [-0.25, -0.2) is 4.79 Å². The van der Waals surface area contributed by atoms with E-state index in [0.717, 1.165) is 6.42 Å². The fraction of sp³-hybridized carbons (Fsp3) is 0.529. The average molecular weight is 310 g/mol. The van der Waals surface area contributed by atoms with Crippen molar-refractivity contribution in [3.8, 4) is 0 Å². The Morgan fingerprint density at radius 2 is 1.77 bits per heavy atom. The summed E-state index contributed by atoms with van der Waals surface area (Å²) in [5.41, 5.74) is 0. The van der Waals surface area contributed by atoms with Gasteiger partial charge in [0.1, 0.15) is 6.54 Å². The summed E-state index contributed by atoms with van der Waals surface area (Å²) in [5, 5.41) is 8.88. The van der Waals surface area contributed by atoms with Crippen LogP contribution in [-0.4, -0.2) is 55.3 Å². The van der Waals surface area contributed by atoms with Gasteiger partial charge in [-0.05, 0) is 12.8 Å². The molecule has 1 atom stereocenters. The maximum atomic E-state index is 11.7. The Morgan fingerprint density at radius 1 is 1.14 bits per heavy atom. The number of likely N-dealkylation sites (N-methyl/N-ethyl adjacent to an activating group) is 1. The Bertz CT molecular complexity index is 430. The van der Waals surface area contributed by atoms with Crippen LogP contribution in [0.15, 0.2) is 36.5 Å². The number of carbonyl (C=O) groups is 2. The lowest BCUT2D eigenvalue weighted by molar-refractivity contribution is -0.873. The predicted octanol–water partition coefficient (Wildman–Crippen LogP) is 2.55. The second kappa shape index (κ2) is 10.8. The van der Waals surface area contributed by atoms with Crippen LogP contribution in [0, 0.1) is 0 Å². The molecule has 0 fully saturated rings. The smallest absolute Gasteiger partial charge is 0.330 e. The van der Waals surface area contributed by atoms with Crippen LogP contribution in [-0.2, 0) is 14.3 Å². The van der Waals surface area contributed by atoms with E-state index in [0.29, 0.717) is 17.4 Å². The number of carboxylic acids is 1. The van der Waals surface area contributed by atoms with Crippen LogP contribution in [0.2, 0.25) is 0 Å². The molecular weight excluding hydrogens is 282 g/mol. The van der Waals surface area contributed by atoms with E-state index in [2.05, 4.69) is 6.92 Å². The first kappa shape index (κ1) is 20.1. The van der Waals surface area contributed by atoms with Crippen molar-refractivity contribution >= 4 is 11.9 Å². The van der Waals surface area contributed by atoms with Crippen molar-refractivity contribution in [2.75, 3.05) is 27.7 Å². The van der Waals surface area contributed by atoms with Gasteiger partial charge in [0.2, 0.25) is 0 Å². The second-order valence-corrected chi connectivity index (χ2v) is 6.03. The lowest BCUT2D eigenvalue weighted by atomic mass is 10.2. The number of nitrogens with zero attached hydrogens (tertiary/aromatic N) is 1. The Hall–Kier alpha value is -1.88. The summed E-state index contributed by atoms with van der Waals surface area (Å²) >= 11 is 0. The first-order valence-corrected chi connectivity index (χ1v) is 7.45. The van der Waals surface area contributed by atoms with Crippen LogP contribution < -0.4 is 0 Å². The van der Waals surface area contributed by atoms with Crippen molar-refractivity contribution in [1.29, 1.82) is 0 Å². The van der Waals surface area contributed by atoms with E-state index in [4.69, 9.17) is 9.84 Å². The van der Waals surface area contributed by atoms with Gasteiger partial charge in [-0.1, -0.05) is 37.3 Å². The molecule has 0 aliphatic carbocycles. The van der Waals surface area contributed by atoms with Crippen molar-refractivity contribution in [2.24, 2.45) is 0 Å². The quantitative estimate of drug-likeness (QED) is 0.291. The average Bonchev–Trinajstić information content (AvgIpc) is 2.34. The number of rotatable bonds is 10. The summed E-state index contributed by atoms with van der Waals surface area (Å²) in [7, 11) is 5.77. The molecule has 0 saturated carbocycles. The second-order valence-electron chi connectivity index (χ2n) is 6.03. The third-order valence-corrected chi connectivity index (χ3v) is 2.58. The third-order valence-electron chi connectivity index (χ3n) is 2.58. The van der Waals surface area contributed by atoms with Gasteiger partial charge in [-0.15, -0.1) is 0 Å². The molecule has 0 saturated heterocycles. The normalized spacial score (nSPS) is 14.0. The van der Waals surface area contributed by atoms with Gasteiger partial charge in [0.05, 0.1) is 27.6 Å². The van der Waals surface area contributed by atoms with Crippen LogP contribution in [0.5, 0.6) is 0 Å². The summed E-state index contributed by atoms with van der Waals surface area (Å²) in [5.74, 6) is -1.47. The molecule has 0 aromatic heterocycles. The molecule has 5 nitrogen and oxygen atoms in total. The third kappa shape index (κ3) is 13.1. The first-order valence-electron chi connectivity index (χ1n) is 7.45. The zero-order valence-corrected chi connectivity index (χ0v) is 14.0. The summed E-state index contributed by atoms with van der Waals surface area (Å²) in [6.07, 6.45) is 11.7. The number of carbonyl (C=O) groups excluding carboxylic acids is 1. The van der Waals surface area contributed by atoms with Gasteiger partial charge in [0.15, 0.2) is 6.10 Å². The van der Waals surface area contributed by atoms with Gasteiger partial charge >= 0.3 is 11.9 Å². The maximum Gasteiger partial charge on any atom is 0.330 e. The number of allylic oxidation sites excluding steroid dienone is 5. The zero-order chi connectivity index (χ0) is 17.0. The molecule has 0 radical (unpaired) electrons. The van der Waals surface area contributed by atoms with Gasteiger partial charge < -0.3 is 14.3 Å². The van der Waals surface area contributed by atoms with Crippen LogP contribution in [0.4, 0.5) is 0 Å². The van der Waals surface area contributed by atoms with Crippen LogP contribution in [0.1, 0.15) is 26.2 Å². The first-order chi connectivity index (χ1) is 10.2. The van der Waals surface area contributed by atoms with E-state index >= 15 is 0 Å². The van der Waals surface area contributed by atoms with Gasteiger partial charge in [-0.3, -0.25) is 4.79 Å². The van der Waals surface area contributed by atoms with Crippen molar-refractivity contribution < 1.29 is 23.9 Å². The molecule has 0 aromatic carbocycles. The van der Waals surface area contributed by atoms with Gasteiger partial charge in [-0.2, -0.15) is 0 Å². The number of carboxylic acid groups (broad SMARTS) is 1. The summed E-state index contributed by atoms with van der Waals surface area (Å²) < 4.78 is 5.75. The zero-order valence-electron chi connectivity index (χ0n) is 14.0. The molecule has 0 bridgehead atoms. The number of ether oxygens (including phenoxy) is 1. The SMILES string of the molecule is CC/C=C/C=C\C/C=C/C(=O)OC(CC(=O)O)C[N+](C)(C)C. The molecule has 0 aliphatic rings. The van der Waals surface area contributed by atoms with E-state index in [9.17, 15) is 9.59 Å². The van der Waals surface area contributed by atoms with E-state index in [1.807, 2.05) is 45.4 Å². The van der Waals surface area contributed by atoms with Crippen molar-refractivity contribution in [2.45, 2.75) is 32.3 Å². The molecule has 1 unspecified atom stereocenters. The van der Waals surface area contributed by atoms with E-state index in [1.165, 1.54) is 6.08 Å². The highest BCUT2D eigenvalue weighted by atomic mass is 16.5. The molecular formula is C17H28NO4+. The van der Waals surface area contributed by atoms with Crippen molar-refractivity contribution in [3.63, 3.8) is 0 Å². The van der Waals surface area contributed by atoms with E-state index in [-0.39, 0.29) is 6.42 Å². The van der Waals surface area contributed by atoms with Crippen LogP contribution >= 0.6 is 0 Å². The minimum Gasteiger partial charge on any atom is -0.481 e. The molecule has 0 amide bonds. The number of aliphatic carboxylic acids is 1. The molecule has 1 N–H and O–H groups in total. The lowest BCUT2D eigenvalue weighted by Crippen LogP contribution is -2.43. The highest BCUT2D eigenvalue weighted by Gasteiger charge is 2.23. The minimum absolute atomic E-state index is 0.184. The van der Waals surface area contributed by atoms with Gasteiger partial charge in [0.25, 0.3) is 0 Å². The Kier molecular flexibility index (Phi) is 9.87. The summed E-state index contributed by atoms with van der Waals surface area (Å²) in [6.45, 7) is 2.51. The Labute approximate surface area is 133 Å². The lowest BCUT2D eigenvalue weighted by Gasteiger charge is -2.28. The molecule has 0 heterocycles. The molecule has 5 heteroatoms. The van der Waals surface area contributed by atoms with Crippen LogP contribution in [0.25, 0.3) is 0 Å². The minimum atomic E-state index is -0.971. The molecule has 124 valence electrons. The molecule has 0 aromatic rings. The van der Waals surface area contributed by atoms with Crippen molar-refractivity contribution in [1.82, 2.24) is 0 Å². The van der Waals surface area contributed by atoms with Gasteiger partial charge in [0, 0.05) is 6.08 Å². The summed E-state index contributed by atoms with van der Waals surface area (Å²) in [4.78, 5) is 22.5. The topological polar surface area (TPSA) is 63.6 Å². The molecule has 22 heavy (non-hydrogen) atoms. The monoisotopic (exact) mass is 310 g/mol. The molecule has 0 aliphatic heterocycles. The largest absolute Gasteiger partial charge is 0.481 e. The van der Waals surface area contributed by atoms with E-state index < -0.39 is 18.0 Å². The highest BCUT2D eigenvalue weighted by Crippen LogP contribution is 2.06. The number of hydrogen-bond donors (Lipinski definition) is 1. The van der Waals surface area contributed by atoms with Crippen molar-refractivity contribution in [3.05, 3.63) is 36.5 Å². The summed E-state index contributed by atoms with van der Waals surface area (Å²) in [6, 6.07) is 0. The Balaban J connectivity index is 4.35.